The number of nitrogens with one attached hydrogen (secondary N) is 1. The SMILES string of the molecule is CC(C)CN1c2ccccc2C(O)=C(C(=O)Nc2cccc(F)c2)C1O. The zero-order valence-electron chi connectivity index (χ0n) is 14.6. The Hall–Kier alpha value is -2.86. The Kier molecular flexibility index (Phi) is 4.95. The topological polar surface area (TPSA) is 72.8 Å². The van der Waals surface area contributed by atoms with Crippen molar-refractivity contribution in [1.29, 1.82) is 0 Å². The number of hydrogen-bond acceptors (Lipinski definition) is 4. The summed E-state index contributed by atoms with van der Waals surface area (Å²) in [7, 11) is 0. The van der Waals surface area contributed by atoms with Gasteiger partial charge < -0.3 is 20.4 Å². The van der Waals surface area contributed by atoms with Gasteiger partial charge in [-0.25, -0.2) is 4.39 Å². The van der Waals surface area contributed by atoms with Gasteiger partial charge in [-0.15, -0.1) is 0 Å². The molecule has 0 saturated heterocycles. The van der Waals surface area contributed by atoms with E-state index in [0.717, 1.165) is 0 Å². The Labute approximate surface area is 151 Å². The molecule has 5 nitrogen and oxygen atoms in total. The van der Waals surface area contributed by atoms with Crippen molar-refractivity contribution >= 4 is 23.0 Å². The number of carbonyl (C=O) groups is 1. The first-order valence-electron chi connectivity index (χ1n) is 8.42. The number of benzene rings is 2. The van der Waals surface area contributed by atoms with E-state index in [-0.39, 0.29) is 22.9 Å². The molecule has 0 aromatic heterocycles. The second-order valence-corrected chi connectivity index (χ2v) is 6.66. The van der Waals surface area contributed by atoms with Gasteiger partial charge in [0.15, 0.2) is 6.23 Å². The number of amides is 1. The van der Waals surface area contributed by atoms with Crippen LogP contribution in [0.25, 0.3) is 5.76 Å². The van der Waals surface area contributed by atoms with Crippen molar-refractivity contribution in [3.8, 4) is 0 Å². The van der Waals surface area contributed by atoms with Crippen LogP contribution in [0.15, 0.2) is 54.1 Å². The summed E-state index contributed by atoms with van der Waals surface area (Å²) < 4.78 is 13.3. The van der Waals surface area contributed by atoms with Crippen LogP contribution in [0, 0.1) is 11.7 Å². The molecule has 2 aromatic rings. The Bertz CT molecular complexity index is 864. The van der Waals surface area contributed by atoms with Crippen molar-refractivity contribution in [2.75, 3.05) is 16.8 Å². The molecule has 1 aliphatic heterocycles. The highest BCUT2D eigenvalue weighted by atomic mass is 19.1. The standard InChI is InChI=1S/C20H21FN2O3/c1-12(2)11-23-16-9-4-3-8-15(16)18(24)17(20(23)26)19(25)22-14-7-5-6-13(21)10-14/h3-10,12,20,24,26H,11H2,1-2H3,(H,22,25). The zero-order chi connectivity index (χ0) is 18.8. The van der Waals surface area contributed by atoms with Crippen LogP contribution in [0.3, 0.4) is 0 Å². The number of anilines is 2. The average molecular weight is 356 g/mol. The fourth-order valence-corrected chi connectivity index (χ4v) is 3.06. The predicted octanol–water partition coefficient (Wildman–Crippen LogP) is 3.53. The van der Waals surface area contributed by atoms with E-state index in [1.54, 1.807) is 23.1 Å². The normalized spacial score (nSPS) is 16.7. The van der Waals surface area contributed by atoms with Crippen LogP contribution in [-0.4, -0.2) is 28.9 Å². The van der Waals surface area contributed by atoms with E-state index in [9.17, 15) is 19.4 Å². The van der Waals surface area contributed by atoms with E-state index in [1.165, 1.54) is 24.3 Å². The number of fused-ring (bicyclic) bond motifs is 1. The van der Waals surface area contributed by atoms with Crippen molar-refractivity contribution in [2.24, 2.45) is 5.92 Å². The number of halogens is 1. The second-order valence-electron chi connectivity index (χ2n) is 6.66. The lowest BCUT2D eigenvalue weighted by Gasteiger charge is -2.37. The summed E-state index contributed by atoms with van der Waals surface area (Å²) in [6.07, 6.45) is -1.30. The number of nitrogens with zero attached hydrogens (tertiary/aromatic N) is 1. The van der Waals surface area contributed by atoms with Crippen molar-refractivity contribution in [3.63, 3.8) is 0 Å². The third-order valence-corrected chi connectivity index (χ3v) is 4.17. The van der Waals surface area contributed by atoms with Crippen LogP contribution < -0.4 is 10.2 Å². The van der Waals surface area contributed by atoms with E-state index in [0.29, 0.717) is 17.8 Å². The Morgan fingerprint density at radius 1 is 1.23 bits per heavy atom. The molecule has 136 valence electrons. The van der Waals surface area contributed by atoms with Crippen LogP contribution in [0.5, 0.6) is 0 Å². The molecule has 6 heteroatoms. The highest BCUT2D eigenvalue weighted by Gasteiger charge is 2.36. The van der Waals surface area contributed by atoms with Crippen LogP contribution in [0.1, 0.15) is 19.4 Å². The van der Waals surface area contributed by atoms with Crippen LogP contribution in [0.4, 0.5) is 15.8 Å². The Morgan fingerprint density at radius 3 is 2.65 bits per heavy atom. The molecule has 1 amide bonds. The van der Waals surface area contributed by atoms with Gasteiger partial charge in [0.05, 0.1) is 0 Å². The number of aliphatic hydroxyl groups excluding tert-OH is 2. The summed E-state index contributed by atoms with van der Waals surface area (Å²) in [5.41, 5.74) is 1.22. The first-order valence-corrected chi connectivity index (χ1v) is 8.42. The van der Waals surface area contributed by atoms with Gasteiger partial charge in [-0.2, -0.15) is 0 Å². The van der Waals surface area contributed by atoms with Gasteiger partial charge in [0, 0.05) is 23.5 Å². The van der Waals surface area contributed by atoms with Gasteiger partial charge in [0.1, 0.15) is 17.1 Å². The Morgan fingerprint density at radius 2 is 1.96 bits per heavy atom. The number of rotatable bonds is 4. The summed E-state index contributed by atoms with van der Waals surface area (Å²) in [4.78, 5) is 14.4. The lowest BCUT2D eigenvalue weighted by atomic mass is 9.97. The van der Waals surface area contributed by atoms with Gasteiger partial charge in [-0.1, -0.05) is 32.0 Å². The molecular formula is C20H21FN2O3. The van der Waals surface area contributed by atoms with Crippen molar-refractivity contribution in [3.05, 3.63) is 65.5 Å². The maximum atomic E-state index is 13.3. The zero-order valence-corrected chi connectivity index (χ0v) is 14.6. The van der Waals surface area contributed by atoms with E-state index in [4.69, 9.17) is 0 Å². The van der Waals surface area contributed by atoms with E-state index < -0.39 is 18.0 Å². The minimum absolute atomic E-state index is 0.159. The van der Waals surface area contributed by atoms with Crippen molar-refractivity contribution in [1.82, 2.24) is 0 Å². The minimum atomic E-state index is -1.30. The van der Waals surface area contributed by atoms with Crippen LogP contribution in [0.2, 0.25) is 0 Å². The van der Waals surface area contributed by atoms with Gasteiger partial charge in [-0.05, 0) is 36.2 Å². The smallest absolute Gasteiger partial charge is 0.259 e. The Balaban J connectivity index is 2.00. The average Bonchev–Trinajstić information content (AvgIpc) is 2.58. The molecular weight excluding hydrogens is 335 g/mol. The molecule has 1 unspecified atom stereocenters. The molecule has 0 radical (unpaired) electrons. The summed E-state index contributed by atoms with van der Waals surface area (Å²) >= 11 is 0. The molecule has 0 saturated carbocycles. The van der Waals surface area contributed by atoms with E-state index in [2.05, 4.69) is 5.32 Å². The lowest BCUT2D eigenvalue weighted by molar-refractivity contribution is -0.113. The molecule has 0 aliphatic carbocycles. The third-order valence-electron chi connectivity index (χ3n) is 4.17. The first-order chi connectivity index (χ1) is 12.4. The highest BCUT2D eigenvalue weighted by molar-refractivity contribution is 6.10. The first kappa shape index (κ1) is 17.9. The largest absolute Gasteiger partial charge is 0.507 e. The van der Waals surface area contributed by atoms with E-state index in [1.807, 2.05) is 19.9 Å². The van der Waals surface area contributed by atoms with Gasteiger partial charge in [-0.3, -0.25) is 4.79 Å². The number of aliphatic hydroxyl groups is 2. The summed E-state index contributed by atoms with van der Waals surface area (Å²) in [6, 6.07) is 12.5. The van der Waals surface area contributed by atoms with Crippen LogP contribution >= 0.6 is 0 Å². The molecule has 0 spiro atoms. The number of carbonyl (C=O) groups excluding carboxylic acids is 1. The number of hydrogen-bond donors (Lipinski definition) is 3. The molecule has 0 bridgehead atoms. The molecule has 0 fully saturated rings. The fourth-order valence-electron chi connectivity index (χ4n) is 3.06. The monoisotopic (exact) mass is 356 g/mol. The maximum absolute atomic E-state index is 13.3. The van der Waals surface area contributed by atoms with Gasteiger partial charge >= 0.3 is 0 Å². The summed E-state index contributed by atoms with van der Waals surface area (Å²) in [5.74, 6) is -1.21. The summed E-state index contributed by atoms with van der Waals surface area (Å²) in [6.45, 7) is 4.50. The molecule has 1 atom stereocenters. The maximum Gasteiger partial charge on any atom is 0.259 e. The number of para-hydroxylation sites is 1. The van der Waals surface area contributed by atoms with Gasteiger partial charge in [0.2, 0.25) is 0 Å². The molecule has 2 aromatic carbocycles. The van der Waals surface area contributed by atoms with Crippen molar-refractivity contribution < 1.29 is 19.4 Å². The third kappa shape index (κ3) is 3.41. The van der Waals surface area contributed by atoms with E-state index >= 15 is 0 Å². The quantitative estimate of drug-likeness (QED) is 0.784. The highest BCUT2D eigenvalue weighted by Crippen LogP contribution is 2.37. The molecule has 1 aliphatic rings. The van der Waals surface area contributed by atoms with Gasteiger partial charge in [0.25, 0.3) is 5.91 Å². The molecule has 3 rings (SSSR count). The lowest BCUT2D eigenvalue weighted by Crippen LogP contribution is -2.45. The minimum Gasteiger partial charge on any atom is -0.507 e. The molecule has 3 N–H and O–H groups in total. The molecule has 1 heterocycles. The van der Waals surface area contributed by atoms with Crippen molar-refractivity contribution in [2.45, 2.75) is 20.1 Å². The predicted molar refractivity (Wildman–Crippen MR) is 99.2 cm³/mol. The van der Waals surface area contributed by atoms with Crippen LogP contribution in [-0.2, 0) is 4.79 Å². The summed E-state index contributed by atoms with van der Waals surface area (Å²) in [5, 5.41) is 23.9. The fraction of sp³-hybridized carbons (Fsp3) is 0.250. The second kappa shape index (κ2) is 7.17. The molecule has 26 heavy (non-hydrogen) atoms.